The Morgan fingerprint density at radius 3 is 2.72 bits per heavy atom. The van der Waals surface area contributed by atoms with Gasteiger partial charge in [0.1, 0.15) is 11.6 Å². The van der Waals surface area contributed by atoms with Crippen molar-refractivity contribution < 1.29 is 18.4 Å². The lowest BCUT2D eigenvalue weighted by molar-refractivity contribution is 0.0893. The van der Waals surface area contributed by atoms with Crippen LogP contribution in [0.25, 0.3) is 0 Å². The number of aromatic nitrogens is 1. The second-order valence-electron chi connectivity index (χ2n) is 3.81. The Labute approximate surface area is 102 Å². The highest BCUT2D eigenvalue weighted by Gasteiger charge is 2.17. The number of Topliss-reactive ketones (excluding diaryl/α,β-unsaturated/α-hetero) is 2. The number of pyridine rings is 1. The van der Waals surface area contributed by atoms with Crippen LogP contribution in [0.4, 0.5) is 4.39 Å². The van der Waals surface area contributed by atoms with Crippen molar-refractivity contribution in [3.8, 4) is 0 Å². The first-order valence-electron chi connectivity index (χ1n) is 5.29. The summed E-state index contributed by atoms with van der Waals surface area (Å²) in [6, 6.07) is 2.57. The van der Waals surface area contributed by atoms with Crippen molar-refractivity contribution in [2.75, 3.05) is 0 Å². The molecule has 2 aromatic rings. The van der Waals surface area contributed by atoms with E-state index in [4.69, 9.17) is 4.42 Å². The fourth-order valence-electron chi connectivity index (χ4n) is 1.58. The standard InChI is InChI=1S/C13H10FNO3/c1-8-11(2-3-18-8)13(17)5-12(16)9-4-10(14)7-15-6-9/h2-4,6-7H,5H2,1H3. The van der Waals surface area contributed by atoms with Crippen molar-refractivity contribution in [1.29, 1.82) is 0 Å². The van der Waals surface area contributed by atoms with Gasteiger partial charge in [0.25, 0.3) is 0 Å². The first-order chi connectivity index (χ1) is 8.58. The van der Waals surface area contributed by atoms with E-state index in [9.17, 15) is 14.0 Å². The summed E-state index contributed by atoms with van der Waals surface area (Å²) in [5, 5.41) is 0. The molecule has 2 aromatic heterocycles. The number of hydrogen-bond donors (Lipinski definition) is 0. The van der Waals surface area contributed by atoms with E-state index in [2.05, 4.69) is 4.98 Å². The van der Waals surface area contributed by atoms with E-state index in [1.165, 1.54) is 18.5 Å². The lowest BCUT2D eigenvalue weighted by Gasteiger charge is -2.00. The second kappa shape index (κ2) is 4.91. The van der Waals surface area contributed by atoms with Gasteiger partial charge in [0.2, 0.25) is 0 Å². The highest BCUT2D eigenvalue weighted by Crippen LogP contribution is 2.13. The Morgan fingerprint density at radius 2 is 2.11 bits per heavy atom. The third kappa shape index (κ3) is 2.51. The van der Waals surface area contributed by atoms with Crippen molar-refractivity contribution in [2.24, 2.45) is 0 Å². The zero-order valence-corrected chi connectivity index (χ0v) is 9.64. The summed E-state index contributed by atoms with van der Waals surface area (Å²) >= 11 is 0. The molecule has 0 aliphatic heterocycles. The summed E-state index contributed by atoms with van der Waals surface area (Å²) in [5.74, 6) is -0.957. The molecule has 18 heavy (non-hydrogen) atoms. The third-order valence-electron chi connectivity index (χ3n) is 2.51. The Morgan fingerprint density at radius 1 is 1.33 bits per heavy atom. The van der Waals surface area contributed by atoms with Gasteiger partial charge >= 0.3 is 0 Å². The molecule has 0 aliphatic rings. The third-order valence-corrected chi connectivity index (χ3v) is 2.51. The summed E-state index contributed by atoms with van der Waals surface area (Å²) in [4.78, 5) is 27.1. The minimum atomic E-state index is -0.604. The number of furan rings is 1. The minimum Gasteiger partial charge on any atom is -0.469 e. The quantitative estimate of drug-likeness (QED) is 0.615. The Bertz CT molecular complexity index is 604. The van der Waals surface area contributed by atoms with Crippen molar-refractivity contribution in [1.82, 2.24) is 4.98 Å². The van der Waals surface area contributed by atoms with Crippen LogP contribution < -0.4 is 0 Å². The van der Waals surface area contributed by atoms with Gasteiger partial charge in [-0.1, -0.05) is 0 Å². The first-order valence-corrected chi connectivity index (χ1v) is 5.29. The van der Waals surface area contributed by atoms with Crippen LogP contribution in [0.3, 0.4) is 0 Å². The van der Waals surface area contributed by atoms with E-state index < -0.39 is 11.6 Å². The van der Waals surface area contributed by atoms with Crippen LogP contribution in [-0.2, 0) is 0 Å². The number of ketones is 2. The Balaban J connectivity index is 2.13. The SMILES string of the molecule is Cc1occc1C(=O)CC(=O)c1cncc(F)c1. The molecule has 2 heterocycles. The fourth-order valence-corrected chi connectivity index (χ4v) is 1.58. The molecule has 0 saturated carbocycles. The summed E-state index contributed by atoms with van der Waals surface area (Å²) in [5.41, 5.74) is 0.456. The molecule has 5 heteroatoms. The highest BCUT2D eigenvalue weighted by molar-refractivity contribution is 6.13. The second-order valence-corrected chi connectivity index (χ2v) is 3.81. The summed E-state index contributed by atoms with van der Waals surface area (Å²) in [6.07, 6.45) is 3.29. The van der Waals surface area contributed by atoms with E-state index in [1.54, 1.807) is 6.92 Å². The van der Waals surface area contributed by atoms with E-state index in [-0.39, 0.29) is 17.8 Å². The van der Waals surface area contributed by atoms with Gasteiger partial charge in [-0.25, -0.2) is 4.39 Å². The number of aryl methyl sites for hydroxylation is 1. The highest BCUT2D eigenvalue weighted by atomic mass is 19.1. The van der Waals surface area contributed by atoms with Crippen molar-refractivity contribution >= 4 is 11.6 Å². The van der Waals surface area contributed by atoms with Crippen molar-refractivity contribution in [2.45, 2.75) is 13.3 Å². The molecule has 0 N–H and O–H groups in total. The zero-order valence-electron chi connectivity index (χ0n) is 9.64. The molecule has 0 amide bonds. The van der Waals surface area contributed by atoms with Gasteiger partial charge in [-0.2, -0.15) is 0 Å². The largest absolute Gasteiger partial charge is 0.469 e. The average molecular weight is 247 g/mol. The molecule has 0 aromatic carbocycles. The van der Waals surface area contributed by atoms with Crippen LogP contribution in [0.2, 0.25) is 0 Å². The summed E-state index contributed by atoms with van der Waals surface area (Å²) in [6.45, 7) is 1.64. The van der Waals surface area contributed by atoms with Crippen LogP contribution in [-0.4, -0.2) is 16.6 Å². The topological polar surface area (TPSA) is 60.2 Å². The van der Waals surface area contributed by atoms with Gasteiger partial charge < -0.3 is 4.42 Å². The minimum absolute atomic E-state index is 0.0875. The van der Waals surface area contributed by atoms with Crippen molar-refractivity contribution in [3.63, 3.8) is 0 Å². The molecular formula is C13H10FNO3. The fraction of sp³-hybridized carbons (Fsp3) is 0.154. The number of halogens is 1. The summed E-state index contributed by atoms with van der Waals surface area (Å²) < 4.78 is 17.9. The molecule has 0 radical (unpaired) electrons. The Kier molecular flexibility index (Phi) is 3.32. The zero-order chi connectivity index (χ0) is 13.1. The van der Waals surface area contributed by atoms with Crippen LogP contribution in [0, 0.1) is 12.7 Å². The number of carbonyl (C=O) groups excluding carboxylic acids is 2. The maximum absolute atomic E-state index is 12.9. The number of hydrogen-bond acceptors (Lipinski definition) is 4. The van der Waals surface area contributed by atoms with E-state index in [0.717, 1.165) is 12.3 Å². The van der Waals surface area contributed by atoms with Gasteiger partial charge in [0, 0.05) is 11.8 Å². The first kappa shape index (κ1) is 12.2. The van der Waals surface area contributed by atoms with Gasteiger partial charge in [0.05, 0.1) is 24.4 Å². The summed E-state index contributed by atoms with van der Waals surface area (Å²) in [7, 11) is 0. The van der Waals surface area contributed by atoms with Crippen LogP contribution in [0.5, 0.6) is 0 Å². The smallest absolute Gasteiger partial charge is 0.174 e. The molecule has 0 fully saturated rings. The van der Waals surface area contributed by atoms with Gasteiger partial charge in [-0.3, -0.25) is 14.6 Å². The van der Waals surface area contributed by atoms with E-state index in [0.29, 0.717) is 11.3 Å². The lowest BCUT2D eigenvalue weighted by atomic mass is 10.0. The molecule has 0 spiro atoms. The lowest BCUT2D eigenvalue weighted by Crippen LogP contribution is -2.09. The van der Waals surface area contributed by atoms with E-state index >= 15 is 0 Å². The molecule has 0 unspecified atom stereocenters. The average Bonchev–Trinajstić information content (AvgIpc) is 2.75. The van der Waals surface area contributed by atoms with Crippen LogP contribution in [0.1, 0.15) is 32.9 Å². The molecule has 0 bridgehead atoms. The van der Waals surface area contributed by atoms with Crippen LogP contribution >= 0.6 is 0 Å². The molecular weight excluding hydrogens is 237 g/mol. The normalized spacial score (nSPS) is 10.3. The van der Waals surface area contributed by atoms with Crippen LogP contribution in [0.15, 0.2) is 35.2 Å². The molecule has 0 aliphatic carbocycles. The number of nitrogens with zero attached hydrogens (tertiary/aromatic N) is 1. The number of rotatable bonds is 4. The molecule has 0 atom stereocenters. The van der Waals surface area contributed by atoms with Gasteiger partial charge in [0.15, 0.2) is 11.6 Å². The predicted molar refractivity (Wildman–Crippen MR) is 60.9 cm³/mol. The molecule has 0 saturated heterocycles. The van der Waals surface area contributed by atoms with Gasteiger partial charge in [-0.15, -0.1) is 0 Å². The maximum Gasteiger partial charge on any atom is 0.174 e. The van der Waals surface area contributed by atoms with Crippen molar-refractivity contribution in [3.05, 3.63) is 53.5 Å². The molecule has 92 valence electrons. The molecule has 4 nitrogen and oxygen atoms in total. The monoisotopic (exact) mass is 247 g/mol. The number of carbonyl (C=O) groups is 2. The Hall–Kier alpha value is -2.30. The van der Waals surface area contributed by atoms with Gasteiger partial charge in [-0.05, 0) is 19.1 Å². The predicted octanol–water partition coefficient (Wildman–Crippen LogP) is 2.58. The molecule has 2 rings (SSSR count). The van der Waals surface area contributed by atoms with E-state index in [1.807, 2.05) is 0 Å². The maximum atomic E-state index is 12.9.